The maximum atomic E-state index is 11.4. The number of nitrogens with zero attached hydrogens (tertiary/aromatic N) is 3. The summed E-state index contributed by atoms with van der Waals surface area (Å²) >= 11 is 1.22. The quantitative estimate of drug-likeness (QED) is 0.780. The number of carboxylic acid groups (broad SMARTS) is 1. The number of hydrogen-bond donors (Lipinski definition) is 1. The number of piperidine rings is 1. The van der Waals surface area contributed by atoms with Gasteiger partial charge in [0, 0.05) is 18.7 Å². The number of aromatic nitrogens is 2. The molecule has 0 aliphatic carbocycles. The molecule has 1 aromatic carbocycles. The van der Waals surface area contributed by atoms with Crippen molar-refractivity contribution in [1.82, 2.24) is 9.97 Å². The number of carboxylic acids is 1. The molecule has 24 heavy (non-hydrogen) atoms. The molecule has 0 atom stereocenters. The molecule has 0 amide bonds. The van der Waals surface area contributed by atoms with Crippen molar-refractivity contribution in [1.29, 1.82) is 0 Å². The SMILES string of the molecule is O=C(O)c1cc2c(N3CCCCC3)nc(-c3ccccc3)nc2s1. The number of fused-ring (bicyclic) bond motifs is 1. The molecule has 5 nitrogen and oxygen atoms in total. The van der Waals surface area contributed by atoms with Crippen LogP contribution in [0.25, 0.3) is 21.6 Å². The van der Waals surface area contributed by atoms with Crippen LogP contribution < -0.4 is 4.90 Å². The minimum Gasteiger partial charge on any atom is -0.477 e. The van der Waals surface area contributed by atoms with Gasteiger partial charge in [-0.2, -0.15) is 0 Å². The van der Waals surface area contributed by atoms with E-state index in [9.17, 15) is 9.90 Å². The Balaban J connectivity index is 1.90. The Kier molecular flexibility index (Phi) is 3.90. The Morgan fingerprint density at radius 1 is 1.08 bits per heavy atom. The van der Waals surface area contributed by atoms with Crippen LogP contribution in [0, 0.1) is 0 Å². The van der Waals surface area contributed by atoms with Crippen LogP contribution in [0.2, 0.25) is 0 Å². The lowest BCUT2D eigenvalue weighted by atomic mass is 10.1. The van der Waals surface area contributed by atoms with Gasteiger partial charge in [-0.1, -0.05) is 30.3 Å². The van der Waals surface area contributed by atoms with Gasteiger partial charge in [-0.3, -0.25) is 0 Å². The van der Waals surface area contributed by atoms with Gasteiger partial charge in [0.1, 0.15) is 15.5 Å². The van der Waals surface area contributed by atoms with E-state index in [2.05, 4.69) is 9.88 Å². The summed E-state index contributed by atoms with van der Waals surface area (Å²) in [6, 6.07) is 11.5. The molecule has 0 unspecified atom stereocenters. The molecular formula is C18H17N3O2S. The van der Waals surface area contributed by atoms with Crippen molar-refractivity contribution in [2.75, 3.05) is 18.0 Å². The topological polar surface area (TPSA) is 66.3 Å². The average Bonchev–Trinajstić information content (AvgIpc) is 3.07. The highest BCUT2D eigenvalue weighted by molar-refractivity contribution is 7.20. The largest absolute Gasteiger partial charge is 0.477 e. The fraction of sp³-hybridized carbons (Fsp3) is 0.278. The van der Waals surface area contributed by atoms with Gasteiger partial charge in [-0.15, -0.1) is 11.3 Å². The van der Waals surface area contributed by atoms with Crippen molar-refractivity contribution in [3.05, 3.63) is 41.3 Å². The summed E-state index contributed by atoms with van der Waals surface area (Å²) in [5, 5.41) is 10.2. The first kappa shape index (κ1) is 15.1. The first-order valence-electron chi connectivity index (χ1n) is 8.07. The Labute approximate surface area is 143 Å². The van der Waals surface area contributed by atoms with E-state index in [-0.39, 0.29) is 0 Å². The van der Waals surface area contributed by atoms with Crippen LogP contribution in [-0.2, 0) is 0 Å². The van der Waals surface area contributed by atoms with Crippen LogP contribution in [0.4, 0.5) is 5.82 Å². The molecule has 0 bridgehead atoms. The van der Waals surface area contributed by atoms with Gasteiger partial charge in [0.15, 0.2) is 5.82 Å². The molecule has 1 N–H and O–H groups in total. The minimum absolute atomic E-state index is 0.308. The molecule has 2 aromatic heterocycles. The molecule has 0 saturated carbocycles. The molecule has 4 rings (SSSR count). The maximum absolute atomic E-state index is 11.4. The first-order valence-corrected chi connectivity index (χ1v) is 8.89. The lowest BCUT2D eigenvalue weighted by Crippen LogP contribution is -2.30. The predicted molar refractivity (Wildman–Crippen MR) is 95.9 cm³/mol. The number of rotatable bonds is 3. The van der Waals surface area contributed by atoms with E-state index in [0.717, 1.165) is 47.5 Å². The van der Waals surface area contributed by atoms with Crippen LogP contribution in [0.5, 0.6) is 0 Å². The molecule has 1 fully saturated rings. The van der Waals surface area contributed by atoms with E-state index in [1.807, 2.05) is 30.3 Å². The van der Waals surface area contributed by atoms with Gasteiger partial charge in [0.25, 0.3) is 0 Å². The highest BCUT2D eigenvalue weighted by Gasteiger charge is 2.21. The van der Waals surface area contributed by atoms with Crippen molar-refractivity contribution in [2.45, 2.75) is 19.3 Å². The monoisotopic (exact) mass is 339 g/mol. The summed E-state index contributed by atoms with van der Waals surface area (Å²) in [4.78, 5) is 24.1. The molecule has 3 aromatic rings. The minimum atomic E-state index is -0.913. The normalized spacial score (nSPS) is 14.9. The van der Waals surface area contributed by atoms with E-state index < -0.39 is 5.97 Å². The van der Waals surface area contributed by atoms with Crippen molar-refractivity contribution in [2.24, 2.45) is 0 Å². The second-order valence-corrected chi connectivity index (χ2v) is 6.95. The molecule has 1 saturated heterocycles. The van der Waals surface area contributed by atoms with E-state index in [1.165, 1.54) is 17.8 Å². The fourth-order valence-corrected chi connectivity index (χ4v) is 3.94. The van der Waals surface area contributed by atoms with E-state index in [0.29, 0.717) is 10.7 Å². The number of hydrogen-bond acceptors (Lipinski definition) is 5. The highest BCUT2D eigenvalue weighted by atomic mass is 32.1. The first-order chi connectivity index (χ1) is 11.7. The number of thiophene rings is 1. The third-order valence-electron chi connectivity index (χ3n) is 4.27. The standard InChI is InChI=1S/C18H17N3O2S/c22-18(23)14-11-13-16(21-9-5-2-6-10-21)19-15(20-17(13)24-14)12-7-3-1-4-8-12/h1,3-4,7-8,11H,2,5-6,9-10H2,(H,22,23). The van der Waals surface area contributed by atoms with Crippen molar-refractivity contribution >= 4 is 33.3 Å². The molecule has 1 aliphatic rings. The van der Waals surface area contributed by atoms with Crippen molar-refractivity contribution in [3.63, 3.8) is 0 Å². The lowest BCUT2D eigenvalue weighted by molar-refractivity contribution is 0.0702. The van der Waals surface area contributed by atoms with Gasteiger partial charge < -0.3 is 10.0 Å². The van der Waals surface area contributed by atoms with Crippen LogP contribution in [-0.4, -0.2) is 34.1 Å². The van der Waals surface area contributed by atoms with E-state index in [1.54, 1.807) is 6.07 Å². The maximum Gasteiger partial charge on any atom is 0.345 e. The van der Waals surface area contributed by atoms with Gasteiger partial charge in [0.2, 0.25) is 0 Å². The van der Waals surface area contributed by atoms with Crippen LogP contribution in [0.3, 0.4) is 0 Å². The van der Waals surface area contributed by atoms with Crippen LogP contribution in [0.1, 0.15) is 28.9 Å². The zero-order chi connectivity index (χ0) is 16.5. The van der Waals surface area contributed by atoms with Gasteiger partial charge in [-0.05, 0) is 25.3 Å². The second kappa shape index (κ2) is 6.20. The third kappa shape index (κ3) is 2.73. The Hall–Kier alpha value is -2.47. The molecule has 0 spiro atoms. The molecule has 3 heterocycles. The van der Waals surface area contributed by atoms with Crippen LogP contribution in [0.15, 0.2) is 36.4 Å². The summed E-state index contributed by atoms with van der Waals surface area (Å²) in [5.74, 6) is 0.605. The lowest BCUT2D eigenvalue weighted by Gasteiger charge is -2.28. The summed E-state index contributed by atoms with van der Waals surface area (Å²) in [6.07, 6.45) is 3.52. The fourth-order valence-electron chi connectivity index (χ4n) is 3.07. The van der Waals surface area contributed by atoms with Crippen molar-refractivity contribution in [3.8, 4) is 11.4 Å². The number of aromatic carboxylic acids is 1. The number of carbonyl (C=O) groups is 1. The van der Waals surface area contributed by atoms with Gasteiger partial charge in [0.05, 0.1) is 5.39 Å². The third-order valence-corrected chi connectivity index (χ3v) is 5.29. The Morgan fingerprint density at radius 3 is 2.54 bits per heavy atom. The molecular weight excluding hydrogens is 322 g/mol. The molecule has 122 valence electrons. The summed E-state index contributed by atoms with van der Waals surface area (Å²) in [5.41, 5.74) is 0.947. The number of anilines is 1. The average molecular weight is 339 g/mol. The second-order valence-electron chi connectivity index (χ2n) is 5.92. The van der Waals surface area contributed by atoms with Gasteiger partial charge >= 0.3 is 5.97 Å². The predicted octanol–water partition coefficient (Wildman–Crippen LogP) is 4.05. The molecule has 1 aliphatic heterocycles. The zero-order valence-corrected chi connectivity index (χ0v) is 13.9. The summed E-state index contributed by atoms with van der Waals surface area (Å²) in [7, 11) is 0. The van der Waals surface area contributed by atoms with Crippen LogP contribution >= 0.6 is 11.3 Å². The van der Waals surface area contributed by atoms with Crippen molar-refractivity contribution < 1.29 is 9.90 Å². The van der Waals surface area contributed by atoms with Gasteiger partial charge in [-0.25, -0.2) is 14.8 Å². The highest BCUT2D eigenvalue weighted by Crippen LogP contribution is 2.34. The van der Waals surface area contributed by atoms with E-state index in [4.69, 9.17) is 4.98 Å². The summed E-state index contributed by atoms with van der Waals surface area (Å²) < 4.78 is 0. The zero-order valence-electron chi connectivity index (χ0n) is 13.1. The molecule has 6 heteroatoms. The number of benzene rings is 1. The molecule has 0 radical (unpaired) electrons. The Morgan fingerprint density at radius 2 is 1.83 bits per heavy atom. The van der Waals surface area contributed by atoms with E-state index >= 15 is 0 Å². The Bertz CT molecular complexity index is 886. The smallest absolute Gasteiger partial charge is 0.345 e. The summed E-state index contributed by atoms with van der Waals surface area (Å²) in [6.45, 7) is 1.91.